The molecule has 4 nitrogen and oxygen atoms in total. The van der Waals surface area contributed by atoms with E-state index in [1.54, 1.807) is 0 Å². The van der Waals surface area contributed by atoms with E-state index in [1.165, 1.54) is 5.56 Å². The number of rotatable bonds is 8. The Labute approximate surface area is 121 Å². The first-order valence-corrected chi connectivity index (χ1v) is 7.27. The van der Waals surface area contributed by atoms with E-state index in [1.807, 2.05) is 36.9 Å². The number of hydrogen-bond donors (Lipinski definition) is 2. The molecule has 20 heavy (non-hydrogen) atoms. The number of aliphatic hydroxyl groups is 1. The second-order valence-corrected chi connectivity index (χ2v) is 5.15. The molecular weight excluding hydrogens is 252 g/mol. The quantitative estimate of drug-likeness (QED) is 0.767. The van der Waals surface area contributed by atoms with Crippen molar-refractivity contribution in [2.24, 2.45) is 0 Å². The molecule has 4 heteroatoms. The number of nitrogens with zero attached hydrogens (tertiary/aromatic N) is 1. The van der Waals surface area contributed by atoms with Gasteiger partial charge in [-0.2, -0.15) is 0 Å². The minimum absolute atomic E-state index is 0.0248. The third-order valence-corrected chi connectivity index (χ3v) is 3.49. The standard InChI is InChI=1S/C16H26N2O2/c1-4-5-9-18(10-11-19)12-16(20)17-15-8-6-7-13(2)14(15)3/h6-8,19H,4-5,9-12H2,1-3H3,(H,17,20). The van der Waals surface area contributed by atoms with Crippen LogP contribution in [-0.2, 0) is 4.79 Å². The number of aryl methyl sites for hydroxylation is 1. The fraction of sp³-hybridized carbons (Fsp3) is 0.562. The lowest BCUT2D eigenvalue weighted by molar-refractivity contribution is -0.117. The van der Waals surface area contributed by atoms with Gasteiger partial charge in [-0.1, -0.05) is 25.5 Å². The first kappa shape index (κ1) is 16.7. The van der Waals surface area contributed by atoms with E-state index in [9.17, 15) is 4.79 Å². The van der Waals surface area contributed by atoms with Crippen molar-refractivity contribution in [3.63, 3.8) is 0 Å². The van der Waals surface area contributed by atoms with Crippen LogP contribution in [-0.4, -0.2) is 42.2 Å². The van der Waals surface area contributed by atoms with Crippen molar-refractivity contribution in [2.45, 2.75) is 33.6 Å². The average molecular weight is 278 g/mol. The van der Waals surface area contributed by atoms with Crippen LogP contribution in [0.4, 0.5) is 5.69 Å². The van der Waals surface area contributed by atoms with Crippen LogP contribution in [0.5, 0.6) is 0 Å². The topological polar surface area (TPSA) is 52.6 Å². The second kappa shape index (κ2) is 8.72. The summed E-state index contributed by atoms with van der Waals surface area (Å²) in [5.74, 6) is -0.0248. The molecule has 1 aromatic rings. The molecule has 0 saturated carbocycles. The third kappa shape index (κ3) is 5.31. The first-order valence-electron chi connectivity index (χ1n) is 7.27. The molecule has 0 spiro atoms. The summed E-state index contributed by atoms with van der Waals surface area (Å²) in [7, 11) is 0. The van der Waals surface area contributed by atoms with Crippen molar-refractivity contribution in [2.75, 3.05) is 31.6 Å². The molecule has 0 bridgehead atoms. The highest BCUT2D eigenvalue weighted by molar-refractivity contribution is 5.93. The molecule has 0 aliphatic carbocycles. The number of carbonyl (C=O) groups excluding carboxylic acids is 1. The zero-order chi connectivity index (χ0) is 15.0. The van der Waals surface area contributed by atoms with Crippen LogP contribution < -0.4 is 5.32 Å². The Morgan fingerprint density at radius 1 is 1.30 bits per heavy atom. The van der Waals surface area contributed by atoms with Crippen LogP contribution in [0.25, 0.3) is 0 Å². The van der Waals surface area contributed by atoms with E-state index in [0.29, 0.717) is 13.1 Å². The number of aliphatic hydroxyl groups excluding tert-OH is 1. The van der Waals surface area contributed by atoms with Crippen molar-refractivity contribution in [1.29, 1.82) is 0 Å². The number of anilines is 1. The van der Waals surface area contributed by atoms with Crippen LogP contribution in [0.2, 0.25) is 0 Å². The lowest BCUT2D eigenvalue weighted by atomic mass is 10.1. The summed E-state index contributed by atoms with van der Waals surface area (Å²) < 4.78 is 0. The maximum Gasteiger partial charge on any atom is 0.238 e. The van der Waals surface area contributed by atoms with Crippen LogP contribution in [0, 0.1) is 13.8 Å². The summed E-state index contributed by atoms with van der Waals surface area (Å²) >= 11 is 0. The van der Waals surface area contributed by atoms with Crippen LogP contribution >= 0.6 is 0 Å². The van der Waals surface area contributed by atoms with Gasteiger partial charge in [-0.05, 0) is 44.0 Å². The fourth-order valence-corrected chi connectivity index (χ4v) is 2.07. The largest absolute Gasteiger partial charge is 0.395 e. The molecule has 1 aromatic carbocycles. The maximum atomic E-state index is 12.1. The minimum Gasteiger partial charge on any atom is -0.395 e. The maximum absolute atomic E-state index is 12.1. The normalized spacial score (nSPS) is 10.8. The van der Waals surface area contributed by atoms with E-state index in [0.717, 1.165) is 30.6 Å². The van der Waals surface area contributed by atoms with Crippen LogP contribution in [0.3, 0.4) is 0 Å². The van der Waals surface area contributed by atoms with E-state index in [4.69, 9.17) is 5.11 Å². The number of unbranched alkanes of at least 4 members (excludes halogenated alkanes) is 1. The summed E-state index contributed by atoms with van der Waals surface area (Å²) in [6, 6.07) is 5.90. The van der Waals surface area contributed by atoms with Gasteiger partial charge in [0.1, 0.15) is 0 Å². The highest BCUT2D eigenvalue weighted by atomic mass is 16.3. The molecule has 0 fully saturated rings. The summed E-state index contributed by atoms with van der Waals surface area (Å²) in [5.41, 5.74) is 3.14. The molecule has 0 unspecified atom stereocenters. The molecule has 1 rings (SSSR count). The Balaban J connectivity index is 2.58. The van der Waals surface area contributed by atoms with E-state index < -0.39 is 0 Å². The van der Waals surface area contributed by atoms with Gasteiger partial charge >= 0.3 is 0 Å². The average Bonchev–Trinajstić information content (AvgIpc) is 2.41. The first-order chi connectivity index (χ1) is 9.58. The molecule has 0 atom stereocenters. The van der Waals surface area contributed by atoms with Gasteiger partial charge in [0.05, 0.1) is 13.2 Å². The van der Waals surface area contributed by atoms with Crippen molar-refractivity contribution in [1.82, 2.24) is 4.90 Å². The summed E-state index contributed by atoms with van der Waals surface area (Å²) in [6.45, 7) is 7.96. The summed E-state index contributed by atoms with van der Waals surface area (Å²) in [4.78, 5) is 14.1. The molecule has 0 aromatic heterocycles. The SMILES string of the molecule is CCCCN(CCO)CC(=O)Nc1cccc(C)c1C. The smallest absolute Gasteiger partial charge is 0.238 e. The van der Waals surface area contributed by atoms with Crippen molar-refractivity contribution in [3.05, 3.63) is 29.3 Å². The van der Waals surface area contributed by atoms with Crippen LogP contribution in [0.1, 0.15) is 30.9 Å². The predicted molar refractivity (Wildman–Crippen MR) is 83.0 cm³/mol. The highest BCUT2D eigenvalue weighted by Crippen LogP contribution is 2.17. The number of amides is 1. The van der Waals surface area contributed by atoms with Gasteiger partial charge in [0.25, 0.3) is 0 Å². The molecule has 112 valence electrons. The minimum atomic E-state index is -0.0248. The monoisotopic (exact) mass is 278 g/mol. The summed E-state index contributed by atoms with van der Waals surface area (Å²) in [5, 5.41) is 12.0. The van der Waals surface area contributed by atoms with Gasteiger partial charge in [0.2, 0.25) is 5.91 Å². The number of nitrogens with one attached hydrogen (secondary N) is 1. The molecule has 1 amide bonds. The van der Waals surface area contributed by atoms with Gasteiger partial charge in [0, 0.05) is 12.2 Å². The van der Waals surface area contributed by atoms with Gasteiger partial charge in [-0.15, -0.1) is 0 Å². The van der Waals surface area contributed by atoms with Crippen molar-refractivity contribution >= 4 is 11.6 Å². The Bertz CT molecular complexity index is 432. The van der Waals surface area contributed by atoms with Crippen LogP contribution in [0.15, 0.2) is 18.2 Å². The zero-order valence-electron chi connectivity index (χ0n) is 12.8. The Kier molecular flexibility index (Phi) is 7.26. The number of benzene rings is 1. The Morgan fingerprint density at radius 2 is 2.05 bits per heavy atom. The molecule has 0 aliphatic heterocycles. The molecule has 0 heterocycles. The van der Waals surface area contributed by atoms with Gasteiger partial charge < -0.3 is 10.4 Å². The lowest BCUT2D eigenvalue weighted by Gasteiger charge is -2.20. The highest BCUT2D eigenvalue weighted by Gasteiger charge is 2.11. The lowest BCUT2D eigenvalue weighted by Crippen LogP contribution is -2.36. The third-order valence-electron chi connectivity index (χ3n) is 3.49. The van der Waals surface area contributed by atoms with Gasteiger partial charge in [-0.25, -0.2) is 0 Å². The van der Waals surface area contributed by atoms with Gasteiger partial charge in [0.15, 0.2) is 0 Å². The van der Waals surface area contributed by atoms with E-state index in [2.05, 4.69) is 12.2 Å². The van der Waals surface area contributed by atoms with Crippen molar-refractivity contribution in [3.8, 4) is 0 Å². The summed E-state index contributed by atoms with van der Waals surface area (Å²) in [6.07, 6.45) is 2.12. The molecular formula is C16H26N2O2. The molecule has 0 saturated heterocycles. The molecule has 0 aliphatic rings. The fourth-order valence-electron chi connectivity index (χ4n) is 2.07. The predicted octanol–water partition coefficient (Wildman–Crippen LogP) is 2.34. The zero-order valence-corrected chi connectivity index (χ0v) is 12.8. The molecule has 0 radical (unpaired) electrons. The van der Waals surface area contributed by atoms with Crippen molar-refractivity contribution < 1.29 is 9.90 Å². The second-order valence-electron chi connectivity index (χ2n) is 5.15. The Morgan fingerprint density at radius 3 is 2.70 bits per heavy atom. The number of hydrogen-bond acceptors (Lipinski definition) is 3. The Hall–Kier alpha value is -1.39. The van der Waals surface area contributed by atoms with E-state index in [-0.39, 0.29) is 12.5 Å². The molecule has 2 N–H and O–H groups in total. The van der Waals surface area contributed by atoms with Gasteiger partial charge in [-0.3, -0.25) is 9.69 Å². The van der Waals surface area contributed by atoms with E-state index >= 15 is 0 Å². The number of carbonyl (C=O) groups is 1.